The first-order valence-electron chi connectivity index (χ1n) is 8.25. The second-order valence-corrected chi connectivity index (χ2v) is 7.15. The van der Waals surface area contributed by atoms with Crippen molar-refractivity contribution in [1.82, 2.24) is 4.98 Å². The number of aromatic nitrogens is 1. The summed E-state index contributed by atoms with van der Waals surface area (Å²) in [5.74, 6) is 0.247. The number of nitrogens with zero attached hydrogens (tertiary/aromatic N) is 1. The molecule has 6 heteroatoms. The zero-order valence-electron chi connectivity index (χ0n) is 14.4. The van der Waals surface area contributed by atoms with E-state index >= 15 is 0 Å². The number of thioether (sulfide) groups is 1. The van der Waals surface area contributed by atoms with Gasteiger partial charge in [-0.25, -0.2) is 4.98 Å². The predicted molar refractivity (Wildman–Crippen MR) is 111 cm³/mol. The molecule has 0 unspecified atom stereocenters. The van der Waals surface area contributed by atoms with Gasteiger partial charge in [0.2, 0.25) is 5.89 Å². The number of rotatable bonds is 4. The molecule has 0 atom stereocenters. The summed E-state index contributed by atoms with van der Waals surface area (Å²) < 4.78 is 5.80. The van der Waals surface area contributed by atoms with E-state index in [0.717, 1.165) is 21.6 Å². The van der Waals surface area contributed by atoms with Gasteiger partial charge in [-0.15, -0.1) is 11.8 Å². The number of hydrogen-bond acceptors (Lipinski definition) is 4. The maximum atomic E-state index is 12.6. The lowest BCUT2D eigenvalue weighted by molar-refractivity contribution is 0.102. The van der Waals surface area contributed by atoms with Crippen molar-refractivity contribution in [3.63, 3.8) is 0 Å². The largest absolute Gasteiger partial charge is 0.436 e. The highest BCUT2D eigenvalue weighted by molar-refractivity contribution is 7.98. The predicted octanol–water partition coefficient (Wildman–Crippen LogP) is 6.12. The fraction of sp³-hybridized carbons (Fsp3) is 0.0476. The summed E-state index contributed by atoms with van der Waals surface area (Å²) in [6, 6.07) is 20.4. The number of hydrogen-bond donors (Lipinski definition) is 1. The van der Waals surface area contributed by atoms with Crippen LogP contribution in [0.25, 0.3) is 22.6 Å². The number of carbonyl (C=O) groups excluding carboxylic acids is 1. The normalized spacial score (nSPS) is 10.9. The van der Waals surface area contributed by atoms with Gasteiger partial charge in [-0.3, -0.25) is 4.79 Å². The molecule has 0 saturated heterocycles. The van der Waals surface area contributed by atoms with Crippen LogP contribution in [0.1, 0.15) is 10.4 Å². The summed E-state index contributed by atoms with van der Waals surface area (Å²) in [6.07, 6.45) is 1.96. The Labute approximate surface area is 165 Å². The van der Waals surface area contributed by atoms with Gasteiger partial charge in [-0.1, -0.05) is 29.8 Å². The first kappa shape index (κ1) is 17.6. The van der Waals surface area contributed by atoms with Crippen molar-refractivity contribution in [2.45, 2.75) is 4.90 Å². The van der Waals surface area contributed by atoms with E-state index in [4.69, 9.17) is 16.0 Å². The molecule has 134 valence electrons. The van der Waals surface area contributed by atoms with Crippen LogP contribution >= 0.6 is 23.4 Å². The lowest BCUT2D eigenvalue weighted by Crippen LogP contribution is -2.12. The number of benzene rings is 3. The molecule has 0 radical (unpaired) electrons. The van der Waals surface area contributed by atoms with Gasteiger partial charge in [-0.2, -0.15) is 0 Å². The van der Waals surface area contributed by atoms with E-state index < -0.39 is 0 Å². The lowest BCUT2D eigenvalue weighted by atomic mass is 10.1. The fourth-order valence-corrected chi connectivity index (χ4v) is 3.50. The second-order valence-electron chi connectivity index (χ2n) is 5.87. The Morgan fingerprint density at radius 2 is 1.93 bits per heavy atom. The third-order valence-electron chi connectivity index (χ3n) is 4.08. The number of nitrogens with one attached hydrogen (secondary N) is 1. The van der Waals surface area contributed by atoms with Crippen molar-refractivity contribution in [2.75, 3.05) is 11.6 Å². The van der Waals surface area contributed by atoms with Gasteiger partial charge in [0, 0.05) is 16.1 Å². The number of anilines is 1. The van der Waals surface area contributed by atoms with E-state index in [-0.39, 0.29) is 5.91 Å². The van der Waals surface area contributed by atoms with E-state index in [1.807, 2.05) is 60.9 Å². The number of para-hydroxylation sites is 2. The van der Waals surface area contributed by atoms with Crippen LogP contribution in [0, 0.1) is 0 Å². The molecule has 0 bridgehead atoms. The molecule has 3 aromatic carbocycles. The zero-order chi connectivity index (χ0) is 18.8. The van der Waals surface area contributed by atoms with Crippen LogP contribution in [0.4, 0.5) is 5.69 Å². The summed E-state index contributed by atoms with van der Waals surface area (Å²) in [5, 5.41) is 3.31. The Kier molecular flexibility index (Phi) is 4.88. The van der Waals surface area contributed by atoms with E-state index in [2.05, 4.69) is 10.3 Å². The van der Waals surface area contributed by atoms with Crippen molar-refractivity contribution in [2.24, 2.45) is 0 Å². The Bertz CT molecular complexity index is 1110. The number of amides is 1. The van der Waals surface area contributed by atoms with Gasteiger partial charge in [-0.05, 0) is 54.8 Å². The van der Waals surface area contributed by atoms with Gasteiger partial charge in [0.25, 0.3) is 5.91 Å². The summed E-state index contributed by atoms with van der Waals surface area (Å²) in [7, 11) is 0. The van der Waals surface area contributed by atoms with Gasteiger partial charge in [0.1, 0.15) is 5.52 Å². The van der Waals surface area contributed by atoms with E-state index in [0.29, 0.717) is 22.2 Å². The number of carbonyl (C=O) groups is 1. The smallest absolute Gasteiger partial charge is 0.257 e. The Hall–Kier alpha value is -2.76. The molecular weight excluding hydrogens is 380 g/mol. The molecule has 4 aromatic rings. The topological polar surface area (TPSA) is 55.1 Å². The molecule has 1 aromatic heterocycles. The van der Waals surface area contributed by atoms with Crippen LogP contribution in [0.3, 0.4) is 0 Å². The minimum Gasteiger partial charge on any atom is -0.436 e. The summed E-state index contributed by atoms with van der Waals surface area (Å²) >= 11 is 7.82. The van der Waals surface area contributed by atoms with Crippen LogP contribution in [0.2, 0.25) is 5.02 Å². The molecular formula is C21H15ClN2O2S. The van der Waals surface area contributed by atoms with Crippen molar-refractivity contribution in [3.8, 4) is 11.5 Å². The van der Waals surface area contributed by atoms with Crippen molar-refractivity contribution >= 4 is 46.1 Å². The van der Waals surface area contributed by atoms with E-state index in [1.54, 1.807) is 23.9 Å². The molecule has 1 heterocycles. The molecule has 1 amide bonds. The molecule has 0 aliphatic carbocycles. The van der Waals surface area contributed by atoms with Crippen LogP contribution in [-0.4, -0.2) is 17.1 Å². The van der Waals surface area contributed by atoms with E-state index in [1.165, 1.54) is 0 Å². The van der Waals surface area contributed by atoms with Gasteiger partial charge in [0.15, 0.2) is 5.58 Å². The summed E-state index contributed by atoms with van der Waals surface area (Å²) in [4.78, 5) is 18.1. The zero-order valence-corrected chi connectivity index (χ0v) is 16.0. The SMILES string of the molecule is CSc1ccc(C(=O)Nc2cccc(-c3nc4ccccc4o3)c2)c(Cl)c1. The highest BCUT2D eigenvalue weighted by atomic mass is 35.5. The molecule has 27 heavy (non-hydrogen) atoms. The quantitative estimate of drug-likeness (QED) is 0.423. The van der Waals surface area contributed by atoms with Crippen molar-refractivity contribution in [1.29, 1.82) is 0 Å². The van der Waals surface area contributed by atoms with Gasteiger partial charge in [0.05, 0.1) is 10.6 Å². The molecule has 0 spiro atoms. The standard InChI is InChI=1S/C21H15ClN2O2S/c1-27-15-9-10-16(17(22)12-15)20(25)23-14-6-4-5-13(11-14)21-24-18-7-2-3-8-19(18)26-21/h2-12H,1H3,(H,23,25). The van der Waals surface area contributed by atoms with Gasteiger partial charge < -0.3 is 9.73 Å². The fourth-order valence-electron chi connectivity index (χ4n) is 2.73. The minimum atomic E-state index is -0.262. The van der Waals surface area contributed by atoms with E-state index in [9.17, 15) is 4.79 Å². The van der Waals surface area contributed by atoms with Crippen LogP contribution in [0.15, 0.2) is 76.0 Å². The average molecular weight is 395 g/mol. The molecule has 0 fully saturated rings. The number of halogens is 1. The maximum Gasteiger partial charge on any atom is 0.257 e. The van der Waals surface area contributed by atoms with Crippen LogP contribution in [0.5, 0.6) is 0 Å². The lowest BCUT2D eigenvalue weighted by Gasteiger charge is -2.08. The molecule has 1 N–H and O–H groups in total. The summed E-state index contributed by atoms with van der Waals surface area (Å²) in [5.41, 5.74) is 3.38. The third-order valence-corrected chi connectivity index (χ3v) is 5.12. The number of fused-ring (bicyclic) bond motifs is 1. The Balaban J connectivity index is 1.60. The average Bonchev–Trinajstić information content (AvgIpc) is 3.12. The molecule has 4 nitrogen and oxygen atoms in total. The monoisotopic (exact) mass is 394 g/mol. The second kappa shape index (κ2) is 7.47. The maximum absolute atomic E-state index is 12.6. The minimum absolute atomic E-state index is 0.262. The Morgan fingerprint density at radius 3 is 2.70 bits per heavy atom. The number of oxazole rings is 1. The van der Waals surface area contributed by atoms with Crippen molar-refractivity contribution in [3.05, 3.63) is 77.3 Å². The molecule has 0 aliphatic heterocycles. The first-order valence-corrected chi connectivity index (χ1v) is 9.85. The highest BCUT2D eigenvalue weighted by Gasteiger charge is 2.13. The summed E-state index contributed by atoms with van der Waals surface area (Å²) in [6.45, 7) is 0. The molecule has 0 aliphatic rings. The van der Waals surface area contributed by atoms with Crippen LogP contribution in [-0.2, 0) is 0 Å². The first-order chi connectivity index (χ1) is 13.1. The molecule has 0 saturated carbocycles. The Morgan fingerprint density at radius 1 is 1.07 bits per heavy atom. The van der Waals surface area contributed by atoms with Gasteiger partial charge >= 0.3 is 0 Å². The van der Waals surface area contributed by atoms with Crippen LogP contribution < -0.4 is 5.32 Å². The third kappa shape index (κ3) is 3.70. The molecule has 4 rings (SSSR count). The highest BCUT2D eigenvalue weighted by Crippen LogP contribution is 2.27. The van der Waals surface area contributed by atoms with Crippen molar-refractivity contribution < 1.29 is 9.21 Å².